The summed E-state index contributed by atoms with van der Waals surface area (Å²) in [6, 6.07) is 13.2. The highest BCUT2D eigenvalue weighted by Gasteiger charge is 2.26. The third-order valence-corrected chi connectivity index (χ3v) is 6.88. The first-order valence-corrected chi connectivity index (χ1v) is 12.1. The van der Waals surface area contributed by atoms with Crippen LogP contribution < -0.4 is 4.18 Å². The zero-order valence-electron chi connectivity index (χ0n) is 19.2. The third kappa shape index (κ3) is 4.38. The van der Waals surface area contributed by atoms with Crippen molar-refractivity contribution in [2.75, 3.05) is 0 Å². The van der Waals surface area contributed by atoms with E-state index in [0.29, 0.717) is 45.4 Å². The highest BCUT2D eigenvalue weighted by molar-refractivity contribution is 7.87. The van der Waals surface area contributed by atoms with Crippen LogP contribution in [0.25, 0.3) is 11.0 Å². The number of para-hydroxylation sites is 1. The summed E-state index contributed by atoms with van der Waals surface area (Å²) < 4.78 is 36.8. The Morgan fingerprint density at radius 2 is 1.63 bits per heavy atom. The number of ketones is 1. The molecule has 9 heteroatoms. The number of carbonyl (C=O) groups is 2. The van der Waals surface area contributed by atoms with Gasteiger partial charge in [0.05, 0.1) is 11.1 Å². The maximum absolute atomic E-state index is 13.5. The van der Waals surface area contributed by atoms with Crippen molar-refractivity contribution in [1.29, 1.82) is 0 Å². The van der Waals surface area contributed by atoms with Crippen LogP contribution in [0.3, 0.4) is 0 Å². The number of benzene rings is 3. The van der Waals surface area contributed by atoms with Crippen molar-refractivity contribution in [2.24, 2.45) is 0 Å². The van der Waals surface area contributed by atoms with Crippen molar-refractivity contribution in [3.63, 3.8) is 0 Å². The number of fused-ring (bicyclic) bond motifs is 1. The lowest BCUT2D eigenvalue weighted by Gasteiger charge is -2.14. The number of rotatable bonds is 7. The Balaban J connectivity index is 1.71. The lowest BCUT2D eigenvalue weighted by atomic mass is 9.96. The van der Waals surface area contributed by atoms with Crippen LogP contribution in [0.15, 0.2) is 63.9 Å². The van der Waals surface area contributed by atoms with E-state index >= 15 is 0 Å². The molecule has 0 bridgehead atoms. The number of aromatic carboxylic acids is 1. The molecular formula is C26H22O8S. The van der Waals surface area contributed by atoms with Crippen LogP contribution in [0.5, 0.6) is 11.5 Å². The summed E-state index contributed by atoms with van der Waals surface area (Å²) in [7, 11) is -4.49. The maximum atomic E-state index is 13.5. The van der Waals surface area contributed by atoms with Crippen LogP contribution in [-0.2, 0) is 16.5 Å². The zero-order valence-corrected chi connectivity index (χ0v) is 20.0. The van der Waals surface area contributed by atoms with Crippen LogP contribution in [0.2, 0.25) is 0 Å². The number of furan rings is 1. The highest BCUT2D eigenvalue weighted by atomic mass is 32.2. The van der Waals surface area contributed by atoms with Gasteiger partial charge in [0.25, 0.3) is 0 Å². The summed E-state index contributed by atoms with van der Waals surface area (Å²) in [5.41, 5.74) is 1.94. The van der Waals surface area contributed by atoms with Gasteiger partial charge in [-0.1, -0.05) is 25.1 Å². The molecule has 0 saturated carbocycles. The molecule has 1 aromatic heterocycles. The number of aromatic hydroxyl groups is 1. The average Bonchev–Trinajstić information content (AvgIpc) is 3.19. The van der Waals surface area contributed by atoms with Crippen LogP contribution in [0, 0.1) is 13.8 Å². The molecule has 0 aliphatic rings. The van der Waals surface area contributed by atoms with E-state index in [2.05, 4.69) is 0 Å². The molecule has 3 aromatic carbocycles. The van der Waals surface area contributed by atoms with Crippen molar-refractivity contribution in [3.8, 4) is 11.5 Å². The number of hydrogen-bond donors (Lipinski definition) is 2. The SMILES string of the molecule is CCc1oc2ccccc2c1C(=O)c1cc(C)c(OS(=O)(=O)c2ccc(C(=O)O)cc2O)c(C)c1. The van der Waals surface area contributed by atoms with Crippen molar-refractivity contribution in [2.45, 2.75) is 32.1 Å². The first kappa shape index (κ1) is 24.0. The Bertz CT molecular complexity index is 1570. The van der Waals surface area contributed by atoms with Gasteiger partial charge in [-0.2, -0.15) is 8.42 Å². The Morgan fingerprint density at radius 3 is 2.23 bits per heavy atom. The van der Waals surface area contributed by atoms with Crippen LogP contribution >= 0.6 is 0 Å². The molecule has 0 unspecified atom stereocenters. The lowest BCUT2D eigenvalue weighted by molar-refractivity contribution is 0.0696. The number of carboxylic acid groups (broad SMARTS) is 1. The quantitative estimate of drug-likeness (QED) is 0.271. The molecule has 0 aliphatic heterocycles. The first-order valence-electron chi connectivity index (χ1n) is 10.7. The maximum Gasteiger partial charge on any atom is 0.342 e. The molecular weight excluding hydrogens is 472 g/mol. The van der Waals surface area contributed by atoms with Crippen molar-refractivity contribution >= 4 is 32.8 Å². The number of phenols is 1. The fourth-order valence-electron chi connectivity index (χ4n) is 3.97. The minimum absolute atomic E-state index is 0.0102. The van der Waals surface area contributed by atoms with E-state index in [1.807, 2.05) is 25.1 Å². The molecule has 180 valence electrons. The molecule has 4 aromatic rings. The van der Waals surface area contributed by atoms with E-state index in [9.17, 15) is 23.1 Å². The summed E-state index contributed by atoms with van der Waals surface area (Å²) >= 11 is 0. The number of hydrogen-bond acceptors (Lipinski definition) is 7. The average molecular weight is 495 g/mol. The van der Waals surface area contributed by atoms with E-state index in [4.69, 9.17) is 13.7 Å². The standard InChI is InChI=1S/C26H22O8S/c1-4-20-23(18-7-5-6-8-21(18)33-20)24(28)17-11-14(2)25(15(3)12-17)34-35(31,32)22-10-9-16(26(29)30)13-19(22)27/h5-13,27H,4H2,1-3H3,(H,29,30). The number of aryl methyl sites for hydroxylation is 3. The van der Waals surface area contributed by atoms with Crippen LogP contribution in [0.1, 0.15) is 50.1 Å². The van der Waals surface area contributed by atoms with E-state index in [-0.39, 0.29) is 17.1 Å². The van der Waals surface area contributed by atoms with Crippen molar-refractivity contribution in [3.05, 3.63) is 88.2 Å². The van der Waals surface area contributed by atoms with Gasteiger partial charge in [0.1, 0.15) is 27.7 Å². The summed E-state index contributed by atoms with van der Waals surface area (Å²) in [6.45, 7) is 5.11. The molecule has 0 aliphatic carbocycles. The molecule has 0 radical (unpaired) electrons. The minimum Gasteiger partial charge on any atom is -0.506 e. The molecule has 0 spiro atoms. The van der Waals surface area contributed by atoms with Gasteiger partial charge < -0.3 is 18.8 Å². The van der Waals surface area contributed by atoms with Gasteiger partial charge in [-0.3, -0.25) is 4.79 Å². The summed E-state index contributed by atoms with van der Waals surface area (Å²) in [5, 5.41) is 19.8. The van der Waals surface area contributed by atoms with Crippen LogP contribution in [-0.4, -0.2) is 30.4 Å². The predicted molar refractivity (Wildman–Crippen MR) is 128 cm³/mol. The Kier molecular flexibility index (Phi) is 6.12. The summed E-state index contributed by atoms with van der Waals surface area (Å²) in [5.74, 6) is -1.74. The molecule has 8 nitrogen and oxygen atoms in total. The summed E-state index contributed by atoms with van der Waals surface area (Å²) in [6.07, 6.45) is 0.525. The van der Waals surface area contributed by atoms with E-state index in [1.165, 1.54) is 12.1 Å². The second-order valence-electron chi connectivity index (χ2n) is 8.04. The Hall–Kier alpha value is -4.11. The molecule has 4 rings (SSSR count). The zero-order chi connectivity index (χ0) is 25.5. The number of carboxylic acids is 1. The Morgan fingerprint density at radius 1 is 0.971 bits per heavy atom. The fraction of sp³-hybridized carbons (Fsp3) is 0.154. The molecule has 0 saturated heterocycles. The van der Waals surface area contributed by atoms with Gasteiger partial charge in [-0.25, -0.2) is 4.79 Å². The third-order valence-electron chi connectivity index (χ3n) is 5.61. The molecule has 0 atom stereocenters. The van der Waals surface area contributed by atoms with Gasteiger partial charge in [-0.05, 0) is 61.4 Å². The van der Waals surface area contributed by atoms with E-state index < -0.39 is 26.7 Å². The molecule has 35 heavy (non-hydrogen) atoms. The number of carbonyl (C=O) groups excluding carboxylic acids is 1. The number of phenolic OH excluding ortho intramolecular Hbond substituents is 1. The monoisotopic (exact) mass is 494 g/mol. The molecule has 0 fully saturated rings. The topological polar surface area (TPSA) is 131 Å². The smallest absolute Gasteiger partial charge is 0.342 e. The largest absolute Gasteiger partial charge is 0.506 e. The highest BCUT2D eigenvalue weighted by Crippen LogP contribution is 2.34. The second-order valence-corrected chi connectivity index (χ2v) is 9.56. The van der Waals surface area contributed by atoms with E-state index in [0.717, 1.165) is 18.2 Å². The normalized spacial score (nSPS) is 11.5. The minimum atomic E-state index is -4.49. The lowest BCUT2D eigenvalue weighted by Crippen LogP contribution is -2.13. The predicted octanol–water partition coefficient (Wildman–Crippen LogP) is 5.01. The van der Waals surface area contributed by atoms with Crippen molar-refractivity contribution < 1.29 is 36.8 Å². The van der Waals surface area contributed by atoms with Gasteiger partial charge in [-0.15, -0.1) is 0 Å². The molecule has 1 heterocycles. The summed E-state index contributed by atoms with van der Waals surface area (Å²) in [4.78, 5) is 23.9. The molecule has 0 amide bonds. The molecule has 2 N–H and O–H groups in total. The van der Waals surface area contributed by atoms with Gasteiger partial charge in [0, 0.05) is 17.4 Å². The van der Waals surface area contributed by atoms with Crippen LogP contribution in [0.4, 0.5) is 0 Å². The second kappa shape index (κ2) is 8.92. The van der Waals surface area contributed by atoms with Gasteiger partial charge in [0.2, 0.25) is 0 Å². The fourth-order valence-corrected chi connectivity index (χ4v) is 5.09. The first-order chi connectivity index (χ1) is 16.5. The van der Waals surface area contributed by atoms with E-state index in [1.54, 1.807) is 19.9 Å². The van der Waals surface area contributed by atoms with Gasteiger partial charge >= 0.3 is 16.1 Å². The van der Waals surface area contributed by atoms with Crippen molar-refractivity contribution in [1.82, 2.24) is 0 Å². The van der Waals surface area contributed by atoms with Gasteiger partial charge in [0.15, 0.2) is 5.78 Å². The Labute approximate surface area is 201 Å².